The predicted octanol–water partition coefficient (Wildman–Crippen LogP) is 0.158. The first-order valence-corrected chi connectivity index (χ1v) is 7.44. The molecule has 1 aromatic heterocycles. The number of rotatable bonds is 3. The van der Waals surface area contributed by atoms with E-state index in [9.17, 15) is 8.42 Å². The summed E-state index contributed by atoms with van der Waals surface area (Å²) in [7, 11) is -1.99. The summed E-state index contributed by atoms with van der Waals surface area (Å²) in [5, 5.41) is 3.09. The molecule has 1 aliphatic rings. The predicted molar refractivity (Wildman–Crippen MR) is 67.6 cm³/mol. The van der Waals surface area contributed by atoms with Crippen LogP contribution in [0.1, 0.15) is 18.5 Å². The zero-order chi connectivity index (χ0) is 13.2. The summed E-state index contributed by atoms with van der Waals surface area (Å²) in [4.78, 5) is 7.87. The molecule has 0 radical (unpaired) electrons. The highest BCUT2D eigenvalue weighted by Crippen LogP contribution is 2.16. The van der Waals surface area contributed by atoms with Crippen molar-refractivity contribution in [3.63, 3.8) is 0 Å². The molecule has 2 rings (SSSR count). The molecule has 2 heterocycles. The van der Waals surface area contributed by atoms with Crippen molar-refractivity contribution in [1.82, 2.24) is 19.6 Å². The molecule has 0 spiro atoms. The van der Waals surface area contributed by atoms with Crippen molar-refractivity contribution in [2.45, 2.75) is 31.0 Å². The lowest BCUT2D eigenvalue weighted by Crippen LogP contribution is -2.46. The smallest absolute Gasteiger partial charge is 0.278 e. The maximum atomic E-state index is 12.4. The van der Waals surface area contributed by atoms with Gasteiger partial charge in [0.05, 0.1) is 0 Å². The Hall–Kier alpha value is -1.05. The highest BCUT2D eigenvalue weighted by Gasteiger charge is 2.31. The summed E-state index contributed by atoms with van der Waals surface area (Å²) in [6, 6.07) is 1.66. The molecule has 1 atom stereocenters. The van der Waals surface area contributed by atoms with Crippen molar-refractivity contribution in [3.8, 4) is 0 Å². The SMILES string of the molecule is Cc1ccnc(S(=O)(=O)N(C)C2CCCNC2)n1. The Morgan fingerprint density at radius 1 is 1.50 bits per heavy atom. The van der Waals surface area contributed by atoms with Gasteiger partial charge < -0.3 is 5.32 Å². The Morgan fingerprint density at radius 2 is 2.28 bits per heavy atom. The molecule has 6 nitrogen and oxygen atoms in total. The van der Waals surface area contributed by atoms with Crippen LogP contribution >= 0.6 is 0 Å². The number of aromatic nitrogens is 2. The number of hydrogen-bond donors (Lipinski definition) is 1. The van der Waals surface area contributed by atoms with Gasteiger partial charge in [-0.3, -0.25) is 0 Å². The van der Waals surface area contributed by atoms with E-state index in [0.29, 0.717) is 12.2 Å². The van der Waals surface area contributed by atoms with E-state index < -0.39 is 10.0 Å². The van der Waals surface area contributed by atoms with Gasteiger partial charge in [0, 0.05) is 31.5 Å². The van der Waals surface area contributed by atoms with E-state index in [1.165, 1.54) is 10.5 Å². The van der Waals surface area contributed by atoms with Crippen molar-refractivity contribution >= 4 is 10.0 Å². The fourth-order valence-corrected chi connectivity index (χ4v) is 3.30. The van der Waals surface area contributed by atoms with Crippen molar-refractivity contribution < 1.29 is 8.42 Å². The average Bonchev–Trinajstić information content (AvgIpc) is 2.39. The Balaban J connectivity index is 2.24. The molecule has 0 saturated carbocycles. The molecule has 1 aromatic rings. The lowest BCUT2D eigenvalue weighted by atomic mass is 10.1. The molecule has 100 valence electrons. The summed E-state index contributed by atoms with van der Waals surface area (Å²) < 4.78 is 26.1. The number of likely N-dealkylation sites (N-methyl/N-ethyl adjacent to an activating group) is 1. The highest BCUT2D eigenvalue weighted by atomic mass is 32.2. The molecule has 1 unspecified atom stereocenters. The van der Waals surface area contributed by atoms with Crippen molar-refractivity contribution in [1.29, 1.82) is 0 Å². The van der Waals surface area contributed by atoms with Crippen LogP contribution < -0.4 is 5.32 Å². The molecule has 0 amide bonds. The maximum absolute atomic E-state index is 12.4. The van der Waals surface area contributed by atoms with Crippen LogP contribution in [0.3, 0.4) is 0 Å². The van der Waals surface area contributed by atoms with Crippen LogP contribution in [0.5, 0.6) is 0 Å². The molecular formula is C11H18N4O2S. The minimum Gasteiger partial charge on any atom is -0.315 e. The van der Waals surface area contributed by atoms with Gasteiger partial charge in [0.15, 0.2) is 0 Å². The number of nitrogens with zero attached hydrogens (tertiary/aromatic N) is 3. The van der Waals surface area contributed by atoms with E-state index in [1.807, 2.05) is 0 Å². The second kappa shape index (κ2) is 5.29. The van der Waals surface area contributed by atoms with Crippen molar-refractivity contribution in [3.05, 3.63) is 18.0 Å². The van der Waals surface area contributed by atoms with E-state index in [4.69, 9.17) is 0 Å². The topological polar surface area (TPSA) is 75.2 Å². The molecule has 18 heavy (non-hydrogen) atoms. The molecule has 1 saturated heterocycles. The quantitative estimate of drug-likeness (QED) is 0.792. The van der Waals surface area contributed by atoms with Crippen LogP contribution in [0.25, 0.3) is 0 Å². The molecule has 0 aromatic carbocycles. The number of hydrogen-bond acceptors (Lipinski definition) is 5. The standard InChI is InChI=1S/C11H18N4O2S/c1-9-5-7-13-11(14-9)18(16,17)15(2)10-4-3-6-12-8-10/h5,7,10,12H,3-4,6,8H2,1-2H3. The summed E-state index contributed by atoms with van der Waals surface area (Å²) in [5.41, 5.74) is 0.652. The first kappa shape index (κ1) is 13.4. The molecule has 0 aliphatic carbocycles. The molecule has 1 fully saturated rings. The Kier molecular flexibility index (Phi) is 3.94. The lowest BCUT2D eigenvalue weighted by molar-refractivity contribution is 0.298. The zero-order valence-corrected chi connectivity index (χ0v) is 11.4. The Morgan fingerprint density at radius 3 is 2.89 bits per heavy atom. The average molecular weight is 270 g/mol. The Labute approximate surface area is 107 Å². The van der Waals surface area contributed by atoms with Crippen molar-refractivity contribution in [2.24, 2.45) is 0 Å². The van der Waals surface area contributed by atoms with Crippen LogP contribution in [-0.2, 0) is 10.0 Å². The van der Waals surface area contributed by atoms with Crippen LogP contribution in [0.4, 0.5) is 0 Å². The lowest BCUT2D eigenvalue weighted by Gasteiger charge is -2.30. The molecule has 1 aliphatic heterocycles. The van der Waals surface area contributed by atoms with E-state index in [1.54, 1.807) is 20.0 Å². The van der Waals surface area contributed by atoms with E-state index in [-0.39, 0.29) is 11.2 Å². The zero-order valence-electron chi connectivity index (χ0n) is 10.6. The second-order valence-electron chi connectivity index (χ2n) is 4.50. The number of sulfonamides is 1. The summed E-state index contributed by atoms with van der Waals surface area (Å²) >= 11 is 0. The third kappa shape index (κ3) is 2.68. The monoisotopic (exact) mass is 270 g/mol. The first-order chi connectivity index (χ1) is 8.51. The summed E-state index contributed by atoms with van der Waals surface area (Å²) in [6.07, 6.45) is 3.33. The van der Waals surface area contributed by atoms with Gasteiger partial charge in [-0.1, -0.05) is 0 Å². The molecule has 7 heteroatoms. The van der Waals surface area contributed by atoms with Gasteiger partial charge in [0.25, 0.3) is 15.2 Å². The second-order valence-corrected chi connectivity index (χ2v) is 6.39. The van der Waals surface area contributed by atoms with Gasteiger partial charge in [0.1, 0.15) is 0 Å². The summed E-state index contributed by atoms with van der Waals surface area (Å²) in [5.74, 6) is 0. The maximum Gasteiger partial charge on any atom is 0.278 e. The van der Waals surface area contributed by atoms with Gasteiger partial charge in [-0.05, 0) is 32.4 Å². The van der Waals surface area contributed by atoms with Gasteiger partial charge in [0.2, 0.25) is 0 Å². The largest absolute Gasteiger partial charge is 0.315 e. The van der Waals surface area contributed by atoms with Gasteiger partial charge in [-0.15, -0.1) is 0 Å². The van der Waals surface area contributed by atoms with Gasteiger partial charge in [-0.2, -0.15) is 4.31 Å². The van der Waals surface area contributed by atoms with Crippen LogP contribution in [-0.4, -0.2) is 48.9 Å². The Bertz CT molecular complexity index is 512. The highest BCUT2D eigenvalue weighted by molar-refractivity contribution is 7.88. The van der Waals surface area contributed by atoms with Crippen LogP contribution in [0.15, 0.2) is 17.4 Å². The fraction of sp³-hybridized carbons (Fsp3) is 0.636. The normalized spacial score (nSPS) is 21.2. The number of aryl methyl sites for hydroxylation is 1. The summed E-state index contributed by atoms with van der Waals surface area (Å²) in [6.45, 7) is 3.38. The van der Waals surface area contributed by atoms with Gasteiger partial charge >= 0.3 is 0 Å². The van der Waals surface area contributed by atoms with E-state index >= 15 is 0 Å². The first-order valence-electron chi connectivity index (χ1n) is 6.00. The van der Waals surface area contributed by atoms with E-state index in [0.717, 1.165) is 19.4 Å². The van der Waals surface area contributed by atoms with Crippen molar-refractivity contribution in [2.75, 3.05) is 20.1 Å². The van der Waals surface area contributed by atoms with Crippen LogP contribution in [0.2, 0.25) is 0 Å². The third-order valence-corrected chi connectivity index (χ3v) is 4.88. The fourth-order valence-electron chi connectivity index (χ4n) is 2.02. The molecule has 1 N–H and O–H groups in total. The number of piperidine rings is 1. The van der Waals surface area contributed by atoms with Crippen LogP contribution in [0, 0.1) is 6.92 Å². The third-order valence-electron chi connectivity index (χ3n) is 3.17. The molecule has 0 bridgehead atoms. The van der Waals surface area contributed by atoms with E-state index in [2.05, 4.69) is 15.3 Å². The minimum atomic E-state index is -3.59. The molecular weight excluding hydrogens is 252 g/mol. The minimum absolute atomic E-state index is 0.0205. The number of nitrogens with one attached hydrogen (secondary N) is 1. The van der Waals surface area contributed by atoms with Gasteiger partial charge in [-0.25, -0.2) is 18.4 Å².